The zero-order valence-electron chi connectivity index (χ0n) is 7.64. The SMILES string of the molecule is CO/N=C/c1c(Cl)cc(Br)c(C)c1F. The summed E-state index contributed by atoms with van der Waals surface area (Å²) >= 11 is 9.02. The van der Waals surface area contributed by atoms with E-state index in [1.165, 1.54) is 13.3 Å². The monoisotopic (exact) mass is 279 g/mol. The second-order valence-corrected chi connectivity index (χ2v) is 3.87. The van der Waals surface area contributed by atoms with Gasteiger partial charge < -0.3 is 4.84 Å². The van der Waals surface area contributed by atoms with E-state index >= 15 is 0 Å². The standard InChI is InChI=1S/C9H8BrClFNO/c1-5-7(10)3-8(11)6(9(5)12)4-13-14-2/h3-4H,1-2H3/b13-4+. The maximum absolute atomic E-state index is 13.6. The smallest absolute Gasteiger partial charge is 0.137 e. The van der Waals surface area contributed by atoms with Crippen LogP contribution in [0.25, 0.3) is 0 Å². The van der Waals surface area contributed by atoms with Crippen molar-refractivity contribution in [1.29, 1.82) is 0 Å². The molecular weight excluding hydrogens is 272 g/mol. The van der Waals surface area contributed by atoms with Crippen molar-refractivity contribution in [2.75, 3.05) is 7.11 Å². The number of rotatable bonds is 2. The van der Waals surface area contributed by atoms with E-state index in [0.29, 0.717) is 15.1 Å². The second kappa shape index (κ2) is 4.75. The lowest BCUT2D eigenvalue weighted by molar-refractivity contribution is 0.215. The van der Waals surface area contributed by atoms with Crippen LogP contribution in [0.15, 0.2) is 15.7 Å². The third kappa shape index (κ3) is 2.25. The van der Waals surface area contributed by atoms with Crippen molar-refractivity contribution < 1.29 is 9.23 Å². The lowest BCUT2D eigenvalue weighted by atomic mass is 10.1. The zero-order valence-corrected chi connectivity index (χ0v) is 9.99. The van der Waals surface area contributed by atoms with Gasteiger partial charge in [-0.2, -0.15) is 0 Å². The molecular formula is C9H8BrClFNO. The fraction of sp³-hybridized carbons (Fsp3) is 0.222. The van der Waals surface area contributed by atoms with Crippen LogP contribution in [0.1, 0.15) is 11.1 Å². The summed E-state index contributed by atoms with van der Waals surface area (Å²) in [6, 6.07) is 1.62. The zero-order chi connectivity index (χ0) is 10.7. The first-order chi connectivity index (χ1) is 6.57. The van der Waals surface area contributed by atoms with Gasteiger partial charge >= 0.3 is 0 Å². The van der Waals surface area contributed by atoms with E-state index in [9.17, 15) is 4.39 Å². The Morgan fingerprint density at radius 3 is 2.86 bits per heavy atom. The molecule has 0 aliphatic rings. The van der Waals surface area contributed by atoms with Crippen molar-refractivity contribution in [3.8, 4) is 0 Å². The van der Waals surface area contributed by atoms with Gasteiger partial charge in [0.25, 0.3) is 0 Å². The molecule has 0 amide bonds. The fourth-order valence-corrected chi connectivity index (χ4v) is 1.71. The molecule has 0 fully saturated rings. The molecule has 0 radical (unpaired) electrons. The number of halogens is 3. The summed E-state index contributed by atoms with van der Waals surface area (Å²) in [4.78, 5) is 4.46. The quantitative estimate of drug-likeness (QED) is 0.600. The predicted octanol–water partition coefficient (Wildman–Crippen LogP) is 3.53. The second-order valence-electron chi connectivity index (χ2n) is 2.61. The maximum atomic E-state index is 13.6. The molecule has 0 heterocycles. The maximum Gasteiger partial charge on any atom is 0.137 e. The Bertz CT molecular complexity index is 382. The van der Waals surface area contributed by atoms with Crippen molar-refractivity contribution in [3.63, 3.8) is 0 Å². The largest absolute Gasteiger partial charge is 0.399 e. The third-order valence-electron chi connectivity index (χ3n) is 1.72. The topological polar surface area (TPSA) is 21.6 Å². The van der Waals surface area contributed by atoms with E-state index in [2.05, 4.69) is 25.9 Å². The highest BCUT2D eigenvalue weighted by Crippen LogP contribution is 2.27. The minimum absolute atomic E-state index is 0.231. The molecule has 0 spiro atoms. The molecule has 1 aromatic carbocycles. The molecule has 0 aliphatic carbocycles. The first-order valence-corrected chi connectivity index (χ1v) is 4.95. The minimum Gasteiger partial charge on any atom is -0.399 e. The lowest BCUT2D eigenvalue weighted by Crippen LogP contribution is -1.95. The molecule has 0 saturated carbocycles. The molecule has 0 unspecified atom stereocenters. The number of hydrogen-bond acceptors (Lipinski definition) is 2. The summed E-state index contributed by atoms with van der Waals surface area (Å²) in [6.07, 6.45) is 1.25. The van der Waals surface area contributed by atoms with Gasteiger partial charge in [0, 0.05) is 4.47 Å². The van der Waals surface area contributed by atoms with Crippen LogP contribution < -0.4 is 0 Å². The van der Waals surface area contributed by atoms with Gasteiger partial charge in [0.1, 0.15) is 12.9 Å². The third-order valence-corrected chi connectivity index (χ3v) is 2.86. The van der Waals surface area contributed by atoms with Crippen molar-refractivity contribution >= 4 is 33.7 Å². The van der Waals surface area contributed by atoms with E-state index in [1.54, 1.807) is 13.0 Å². The first-order valence-electron chi connectivity index (χ1n) is 3.78. The molecule has 0 aromatic heterocycles. The van der Waals surface area contributed by atoms with Crippen LogP contribution in [0, 0.1) is 12.7 Å². The first kappa shape index (κ1) is 11.5. The van der Waals surface area contributed by atoms with Gasteiger partial charge in [0.2, 0.25) is 0 Å². The summed E-state index contributed by atoms with van der Waals surface area (Å²) in [6.45, 7) is 1.65. The summed E-state index contributed by atoms with van der Waals surface area (Å²) < 4.78 is 14.2. The number of benzene rings is 1. The molecule has 1 aromatic rings. The van der Waals surface area contributed by atoms with Gasteiger partial charge in [-0.05, 0) is 18.6 Å². The average Bonchev–Trinajstić information content (AvgIpc) is 2.14. The summed E-state index contributed by atoms with van der Waals surface area (Å²) in [5, 5.41) is 3.76. The predicted molar refractivity (Wildman–Crippen MR) is 58.5 cm³/mol. The van der Waals surface area contributed by atoms with Crippen LogP contribution in [-0.4, -0.2) is 13.3 Å². The summed E-state index contributed by atoms with van der Waals surface area (Å²) in [7, 11) is 1.38. The van der Waals surface area contributed by atoms with Crippen molar-refractivity contribution in [2.24, 2.45) is 5.16 Å². The Balaban J connectivity index is 3.29. The van der Waals surface area contributed by atoms with Crippen molar-refractivity contribution in [1.82, 2.24) is 0 Å². The average molecular weight is 281 g/mol. The normalized spacial score (nSPS) is 10.9. The van der Waals surface area contributed by atoms with Crippen LogP contribution in [0.3, 0.4) is 0 Å². The van der Waals surface area contributed by atoms with E-state index < -0.39 is 5.82 Å². The van der Waals surface area contributed by atoms with E-state index in [4.69, 9.17) is 11.6 Å². The Kier molecular flexibility index (Phi) is 3.89. The molecule has 0 N–H and O–H groups in total. The highest BCUT2D eigenvalue weighted by Gasteiger charge is 2.11. The van der Waals surface area contributed by atoms with Gasteiger partial charge in [-0.3, -0.25) is 0 Å². The van der Waals surface area contributed by atoms with Crippen molar-refractivity contribution in [3.05, 3.63) is 32.5 Å². The Morgan fingerprint density at radius 1 is 1.64 bits per heavy atom. The van der Waals surface area contributed by atoms with Crippen LogP contribution in [0.5, 0.6) is 0 Å². The van der Waals surface area contributed by atoms with E-state index in [1.807, 2.05) is 0 Å². The van der Waals surface area contributed by atoms with Crippen LogP contribution in [-0.2, 0) is 4.84 Å². The molecule has 5 heteroatoms. The fourth-order valence-electron chi connectivity index (χ4n) is 0.933. The van der Waals surface area contributed by atoms with Crippen LogP contribution in [0.4, 0.5) is 4.39 Å². The summed E-state index contributed by atoms with van der Waals surface area (Å²) in [5.41, 5.74) is 0.723. The Hall–Kier alpha value is -0.610. The van der Waals surface area contributed by atoms with Crippen molar-refractivity contribution in [2.45, 2.75) is 6.92 Å². The van der Waals surface area contributed by atoms with E-state index in [-0.39, 0.29) is 5.56 Å². The Morgan fingerprint density at radius 2 is 2.29 bits per heavy atom. The van der Waals surface area contributed by atoms with Crippen LogP contribution in [0.2, 0.25) is 5.02 Å². The van der Waals surface area contributed by atoms with E-state index in [0.717, 1.165) is 0 Å². The highest BCUT2D eigenvalue weighted by atomic mass is 79.9. The molecule has 76 valence electrons. The number of oxime groups is 1. The number of nitrogens with zero attached hydrogens (tertiary/aromatic N) is 1. The van der Waals surface area contributed by atoms with Crippen LogP contribution >= 0.6 is 27.5 Å². The van der Waals surface area contributed by atoms with Gasteiger partial charge in [0.15, 0.2) is 0 Å². The Labute approximate surface area is 94.8 Å². The molecule has 0 aliphatic heterocycles. The molecule has 0 bridgehead atoms. The number of hydrogen-bond donors (Lipinski definition) is 0. The minimum atomic E-state index is -0.398. The molecule has 0 atom stereocenters. The molecule has 14 heavy (non-hydrogen) atoms. The molecule has 0 saturated heterocycles. The van der Waals surface area contributed by atoms with Gasteiger partial charge in [-0.15, -0.1) is 0 Å². The lowest BCUT2D eigenvalue weighted by Gasteiger charge is -2.05. The van der Waals surface area contributed by atoms with Gasteiger partial charge in [0.05, 0.1) is 16.8 Å². The summed E-state index contributed by atoms with van der Waals surface area (Å²) in [5.74, 6) is -0.398. The highest BCUT2D eigenvalue weighted by molar-refractivity contribution is 9.10. The van der Waals surface area contributed by atoms with Gasteiger partial charge in [-0.25, -0.2) is 4.39 Å². The molecule has 1 rings (SSSR count). The van der Waals surface area contributed by atoms with Gasteiger partial charge in [-0.1, -0.05) is 32.7 Å². The molecule has 2 nitrogen and oxygen atoms in total.